The van der Waals surface area contributed by atoms with Crippen LogP contribution in [0.5, 0.6) is 11.5 Å². The summed E-state index contributed by atoms with van der Waals surface area (Å²) in [5, 5.41) is 0. The highest BCUT2D eigenvalue weighted by Crippen LogP contribution is 2.33. The lowest BCUT2D eigenvalue weighted by Gasteiger charge is -2.37. The van der Waals surface area contributed by atoms with Gasteiger partial charge in [0.15, 0.2) is 11.5 Å². The van der Waals surface area contributed by atoms with Crippen LogP contribution in [0, 0.1) is 5.92 Å². The number of rotatable bonds is 6. The van der Waals surface area contributed by atoms with Crippen molar-refractivity contribution in [1.82, 2.24) is 4.90 Å². The molecule has 1 aliphatic rings. The largest absolute Gasteiger partial charge is 0.493 e. The van der Waals surface area contributed by atoms with Crippen molar-refractivity contribution in [2.75, 3.05) is 33.9 Å². The van der Waals surface area contributed by atoms with Crippen molar-refractivity contribution < 1.29 is 9.47 Å². The Labute approximate surface area is 128 Å². The molecule has 2 N–H and O–H groups in total. The molecular weight excluding hydrogens is 264 g/mol. The number of benzene rings is 1. The molecule has 0 amide bonds. The minimum Gasteiger partial charge on any atom is -0.493 e. The lowest BCUT2D eigenvalue weighted by Crippen LogP contribution is -2.37. The van der Waals surface area contributed by atoms with Crippen LogP contribution in [0.15, 0.2) is 18.2 Å². The molecular formula is C17H28N2O2. The fourth-order valence-corrected chi connectivity index (χ4v) is 3.24. The molecule has 1 heterocycles. The van der Waals surface area contributed by atoms with Crippen LogP contribution in [-0.4, -0.2) is 38.8 Å². The van der Waals surface area contributed by atoms with Crippen molar-refractivity contribution in [3.05, 3.63) is 23.8 Å². The van der Waals surface area contributed by atoms with E-state index in [4.69, 9.17) is 15.2 Å². The van der Waals surface area contributed by atoms with Gasteiger partial charge in [0.05, 0.1) is 14.2 Å². The Morgan fingerprint density at radius 3 is 2.71 bits per heavy atom. The Hall–Kier alpha value is -1.26. The number of hydrogen-bond donors (Lipinski definition) is 1. The molecule has 0 saturated carbocycles. The second kappa shape index (κ2) is 7.66. The summed E-state index contributed by atoms with van der Waals surface area (Å²) in [6.45, 7) is 5.37. The number of likely N-dealkylation sites (tertiary alicyclic amines) is 1. The smallest absolute Gasteiger partial charge is 0.161 e. The van der Waals surface area contributed by atoms with E-state index in [-0.39, 0.29) is 0 Å². The molecule has 1 aliphatic heterocycles. The number of hydrogen-bond acceptors (Lipinski definition) is 4. The Balaban J connectivity index is 2.10. The van der Waals surface area contributed by atoms with E-state index in [2.05, 4.69) is 24.0 Å². The highest BCUT2D eigenvalue weighted by Gasteiger charge is 2.24. The van der Waals surface area contributed by atoms with Crippen LogP contribution in [0.25, 0.3) is 0 Å². The third-order valence-electron chi connectivity index (χ3n) is 4.56. The minimum atomic E-state index is 0.394. The van der Waals surface area contributed by atoms with Crippen LogP contribution in [0.3, 0.4) is 0 Å². The van der Waals surface area contributed by atoms with E-state index in [0.717, 1.165) is 43.5 Å². The normalized spacial score (nSPS) is 21.0. The second-order valence-corrected chi connectivity index (χ2v) is 5.87. The van der Waals surface area contributed by atoms with Gasteiger partial charge in [-0.2, -0.15) is 0 Å². The van der Waals surface area contributed by atoms with Crippen molar-refractivity contribution in [3.63, 3.8) is 0 Å². The van der Waals surface area contributed by atoms with Gasteiger partial charge in [-0.15, -0.1) is 0 Å². The third-order valence-corrected chi connectivity index (χ3v) is 4.56. The van der Waals surface area contributed by atoms with Gasteiger partial charge in [0.25, 0.3) is 0 Å². The highest BCUT2D eigenvalue weighted by molar-refractivity contribution is 5.43. The summed E-state index contributed by atoms with van der Waals surface area (Å²) in [7, 11) is 3.35. The molecule has 118 valence electrons. The van der Waals surface area contributed by atoms with Gasteiger partial charge in [-0.3, -0.25) is 4.90 Å². The first-order valence-electron chi connectivity index (χ1n) is 7.85. The summed E-state index contributed by atoms with van der Waals surface area (Å²) in [5.41, 5.74) is 6.99. The molecule has 2 atom stereocenters. The van der Waals surface area contributed by atoms with Gasteiger partial charge < -0.3 is 15.2 Å². The summed E-state index contributed by atoms with van der Waals surface area (Å²) in [5.74, 6) is 2.33. The first kappa shape index (κ1) is 16.1. The number of methoxy groups -OCH3 is 2. The van der Waals surface area contributed by atoms with Crippen molar-refractivity contribution in [2.45, 2.75) is 32.2 Å². The first-order valence-corrected chi connectivity index (χ1v) is 7.85. The second-order valence-electron chi connectivity index (χ2n) is 5.87. The zero-order valence-electron chi connectivity index (χ0n) is 13.5. The predicted molar refractivity (Wildman–Crippen MR) is 85.9 cm³/mol. The van der Waals surface area contributed by atoms with Crippen LogP contribution in [0.4, 0.5) is 0 Å². The molecule has 1 saturated heterocycles. The molecule has 21 heavy (non-hydrogen) atoms. The van der Waals surface area contributed by atoms with Gasteiger partial charge in [-0.1, -0.05) is 6.07 Å². The van der Waals surface area contributed by atoms with Crippen molar-refractivity contribution in [2.24, 2.45) is 11.7 Å². The zero-order chi connectivity index (χ0) is 15.2. The van der Waals surface area contributed by atoms with E-state index in [9.17, 15) is 0 Å². The summed E-state index contributed by atoms with van der Waals surface area (Å²) in [6.07, 6.45) is 3.71. The highest BCUT2D eigenvalue weighted by atomic mass is 16.5. The average Bonchev–Trinajstić information content (AvgIpc) is 2.54. The van der Waals surface area contributed by atoms with Crippen LogP contribution in [-0.2, 0) is 0 Å². The molecule has 1 aromatic carbocycles. The van der Waals surface area contributed by atoms with E-state index in [1.807, 2.05) is 6.07 Å². The number of nitrogens with two attached hydrogens (primary N) is 1. The zero-order valence-corrected chi connectivity index (χ0v) is 13.5. The van der Waals surface area contributed by atoms with E-state index >= 15 is 0 Å². The molecule has 0 aromatic heterocycles. The van der Waals surface area contributed by atoms with E-state index in [1.165, 1.54) is 18.4 Å². The standard InChI is InChI=1S/C17H28N2O2/c1-13(19-10-4-5-14(12-19)8-9-18)15-6-7-16(20-2)17(11-15)21-3/h6-7,11,13-14H,4-5,8-10,12,18H2,1-3H3. The molecule has 1 aromatic rings. The summed E-state index contributed by atoms with van der Waals surface area (Å²) in [6, 6.07) is 6.62. The van der Waals surface area contributed by atoms with Gasteiger partial charge in [0.1, 0.15) is 0 Å². The molecule has 0 spiro atoms. The van der Waals surface area contributed by atoms with Gasteiger partial charge in [0.2, 0.25) is 0 Å². The topological polar surface area (TPSA) is 47.7 Å². The van der Waals surface area contributed by atoms with Gasteiger partial charge in [-0.25, -0.2) is 0 Å². The predicted octanol–water partition coefficient (Wildman–Crippen LogP) is 2.83. The lowest BCUT2D eigenvalue weighted by atomic mass is 9.93. The maximum Gasteiger partial charge on any atom is 0.161 e. The number of ether oxygens (including phenoxy) is 2. The molecule has 0 aliphatic carbocycles. The minimum absolute atomic E-state index is 0.394. The molecule has 2 unspecified atom stereocenters. The van der Waals surface area contributed by atoms with Crippen LogP contribution in [0.1, 0.15) is 37.8 Å². The maximum absolute atomic E-state index is 5.71. The Kier molecular flexibility index (Phi) is 5.88. The Morgan fingerprint density at radius 1 is 1.29 bits per heavy atom. The van der Waals surface area contributed by atoms with Gasteiger partial charge in [0, 0.05) is 12.6 Å². The number of piperidine rings is 1. The van der Waals surface area contributed by atoms with E-state index in [1.54, 1.807) is 14.2 Å². The fourth-order valence-electron chi connectivity index (χ4n) is 3.24. The Morgan fingerprint density at radius 2 is 2.05 bits per heavy atom. The van der Waals surface area contributed by atoms with Crippen molar-refractivity contribution in [1.29, 1.82) is 0 Å². The third kappa shape index (κ3) is 3.89. The summed E-state index contributed by atoms with van der Waals surface area (Å²) in [4.78, 5) is 2.56. The number of nitrogens with zero attached hydrogens (tertiary/aromatic N) is 1. The van der Waals surface area contributed by atoms with E-state index < -0.39 is 0 Å². The van der Waals surface area contributed by atoms with Crippen LogP contribution in [0.2, 0.25) is 0 Å². The quantitative estimate of drug-likeness (QED) is 0.876. The first-order chi connectivity index (χ1) is 10.2. The molecule has 0 bridgehead atoms. The van der Waals surface area contributed by atoms with Crippen molar-refractivity contribution >= 4 is 0 Å². The van der Waals surface area contributed by atoms with E-state index in [0.29, 0.717) is 6.04 Å². The monoisotopic (exact) mass is 292 g/mol. The SMILES string of the molecule is COc1ccc(C(C)N2CCCC(CCN)C2)cc1OC. The summed E-state index contributed by atoms with van der Waals surface area (Å²) < 4.78 is 10.7. The van der Waals surface area contributed by atoms with Gasteiger partial charge in [-0.05, 0) is 62.9 Å². The fraction of sp³-hybridized carbons (Fsp3) is 0.647. The van der Waals surface area contributed by atoms with Crippen LogP contribution < -0.4 is 15.2 Å². The average molecular weight is 292 g/mol. The Bertz CT molecular complexity index is 448. The van der Waals surface area contributed by atoms with Gasteiger partial charge >= 0.3 is 0 Å². The molecule has 1 fully saturated rings. The molecule has 4 heteroatoms. The van der Waals surface area contributed by atoms with Crippen molar-refractivity contribution in [3.8, 4) is 11.5 Å². The molecule has 4 nitrogen and oxygen atoms in total. The molecule has 0 radical (unpaired) electrons. The maximum atomic E-state index is 5.71. The van der Waals surface area contributed by atoms with Crippen LogP contribution >= 0.6 is 0 Å². The molecule has 2 rings (SSSR count). The summed E-state index contributed by atoms with van der Waals surface area (Å²) >= 11 is 0. The lowest BCUT2D eigenvalue weighted by molar-refractivity contribution is 0.128.